The molecular weight excluding hydrogens is 683 g/mol. The van der Waals surface area contributed by atoms with Crippen LogP contribution in [-0.2, 0) is 38.7 Å². The van der Waals surface area contributed by atoms with Gasteiger partial charge in [-0.25, -0.2) is 9.59 Å². The van der Waals surface area contributed by atoms with Crippen molar-refractivity contribution in [3.05, 3.63) is 120 Å². The van der Waals surface area contributed by atoms with E-state index in [4.69, 9.17) is 21.7 Å². The topological polar surface area (TPSA) is 491 Å². The van der Waals surface area contributed by atoms with Crippen LogP contribution in [0.15, 0.2) is 97.6 Å². The van der Waals surface area contributed by atoms with Gasteiger partial charge in [0, 0.05) is 35.9 Å². The summed E-state index contributed by atoms with van der Waals surface area (Å²) in [6.07, 6.45) is 6.11. The molecule has 267 valence electrons. The Hall–Kier alpha value is -5.59. The van der Waals surface area contributed by atoms with Crippen molar-refractivity contribution in [3.8, 4) is 11.5 Å². The molecule has 26 N–H and O–H groups in total. The number of pyridine rings is 2. The van der Waals surface area contributed by atoms with Crippen LogP contribution in [0, 0.1) is 0 Å². The molecule has 4 rings (SSSR count). The molecule has 2 aromatic heterocycles. The quantitative estimate of drug-likeness (QED) is 0.144. The van der Waals surface area contributed by atoms with Crippen molar-refractivity contribution in [1.29, 1.82) is 0 Å². The predicted octanol–water partition coefficient (Wildman–Crippen LogP) is -5.71. The fourth-order valence-corrected chi connectivity index (χ4v) is 2.29. The van der Waals surface area contributed by atoms with E-state index in [1.165, 1.54) is 61.2 Å². The number of hydrogen-bond acceptors (Lipinski definition) is 8. The average Bonchev–Trinajstić information content (AvgIpc) is 2.91. The predicted molar refractivity (Wildman–Crippen MR) is 165 cm³/mol. The molecule has 0 atom stereocenters. The second kappa shape index (κ2) is 34.9. The van der Waals surface area contributed by atoms with Crippen LogP contribution >= 0.6 is 0 Å². The van der Waals surface area contributed by atoms with Crippen molar-refractivity contribution in [2.45, 2.75) is 0 Å². The third-order valence-corrected chi connectivity index (χ3v) is 4.09. The van der Waals surface area contributed by atoms with Crippen LogP contribution in [0.3, 0.4) is 0 Å². The van der Waals surface area contributed by atoms with E-state index in [0.29, 0.717) is 11.1 Å². The number of primary amides is 2. The Morgan fingerprint density at radius 1 is 0.511 bits per heavy atom. The van der Waals surface area contributed by atoms with E-state index in [1.54, 1.807) is 24.3 Å². The molecule has 21 heteroatoms. The summed E-state index contributed by atoms with van der Waals surface area (Å²) in [5.74, 6) is -3.54. The molecule has 0 aliphatic carbocycles. The molecule has 2 aromatic carbocycles. The number of aromatic carboxylic acids is 2. The number of hydrogen-bond donors (Lipinski definition) is 4. The molecule has 0 saturated carbocycles. The van der Waals surface area contributed by atoms with E-state index in [-0.39, 0.29) is 83.2 Å². The van der Waals surface area contributed by atoms with E-state index in [2.05, 4.69) is 9.97 Å². The van der Waals surface area contributed by atoms with Crippen molar-refractivity contribution in [2.24, 2.45) is 11.5 Å². The van der Waals surface area contributed by atoms with E-state index in [0.717, 1.165) is 12.1 Å². The molecule has 0 fully saturated rings. The smallest absolute Gasteiger partial charge is 0.872 e. The van der Waals surface area contributed by atoms with Crippen LogP contribution in [0.2, 0.25) is 0 Å². The van der Waals surface area contributed by atoms with Gasteiger partial charge in [-0.05, 0) is 36.4 Å². The number of nitrogens with zero attached hydrogens (tertiary/aromatic N) is 2. The largest absolute Gasteiger partial charge is 2.00 e. The molecule has 0 spiro atoms. The SMILES string of the molecule is NC(=O)c1ccncc1.NC(=O)c1ccncc1.O.O.O.O.O=C(O)c1cccc([O-])c1.O=C(O)c1cccc([O-])c1.[Co+2].[OH3+].[OH3+].[OH3+].[OH3+]. The maximum Gasteiger partial charge on any atom is 2.00 e. The summed E-state index contributed by atoms with van der Waals surface area (Å²) in [6.45, 7) is 0. The molecule has 4 aromatic rings. The minimum absolute atomic E-state index is 0. The van der Waals surface area contributed by atoms with Crippen LogP contribution in [-0.4, -0.2) is 65.8 Å². The van der Waals surface area contributed by atoms with Gasteiger partial charge in [-0.2, -0.15) is 0 Å². The first-order chi connectivity index (χ1) is 18.0. The molecule has 0 aliphatic rings. The number of benzene rings is 2. The summed E-state index contributed by atoms with van der Waals surface area (Å²) in [6, 6.07) is 16.7. The summed E-state index contributed by atoms with van der Waals surface area (Å²) in [5, 5.41) is 37.8. The molecule has 0 bridgehead atoms. The molecule has 2 amide bonds. The first-order valence-corrected chi connectivity index (χ1v) is 10.4. The van der Waals surface area contributed by atoms with Gasteiger partial charge in [0.15, 0.2) is 0 Å². The monoisotopic (exact) mass is 725 g/mol. The van der Waals surface area contributed by atoms with Gasteiger partial charge in [0.2, 0.25) is 11.8 Å². The molecule has 1 radical (unpaired) electrons. The number of nitrogens with two attached hydrogens (primary N) is 2. The Morgan fingerprint density at radius 3 is 0.915 bits per heavy atom. The zero-order chi connectivity index (χ0) is 28.5. The normalized spacial score (nSPS) is 7.32. The second-order valence-electron chi connectivity index (χ2n) is 6.87. The number of amides is 2. The molecule has 20 nitrogen and oxygen atoms in total. The van der Waals surface area contributed by atoms with E-state index < -0.39 is 23.8 Å². The van der Waals surface area contributed by atoms with Gasteiger partial charge in [-0.3, -0.25) is 19.6 Å². The fraction of sp³-hybridized carbons (Fsp3) is 0. The Kier molecular flexibility index (Phi) is 47.8. The van der Waals surface area contributed by atoms with Gasteiger partial charge in [-0.1, -0.05) is 36.4 Å². The zero-order valence-corrected chi connectivity index (χ0v) is 25.3. The first-order valence-electron chi connectivity index (χ1n) is 10.4. The van der Waals surface area contributed by atoms with Crippen LogP contribution in [0.5, 0.6) is 11.5 Å². The van der Waals surface area contributed by atoms with E-state index >= 15 is 0 Å². The number of aromatic nitrogens is 2. The first kappa shape index (κ1) is 64.4. The van der Waals surface area contributed by atoms with E-state index in [9.17, 15) is 29.4 Å². The van der Waals surface area contributed by atoms with Crippen LogP contribution < -0.4 is 21.7 Å². The van der Waals surface area contributed by atoms with Crippen molar-refractivity contribution in [1.82, 2.24) is 9.97 Å². The molecule has 0 unspecified atom stereocenters. The molecule has 0 aliphatic heterocycles. The summed E-state index contributed by atoms with van der Waals surface area (Å²) in [5.41, 5.74) is 10.9. The van der Waals surface area contributed by atoms with Crippen LogP contribution in [0.4, 0.5) is 0 Å². The average molecular weight is 726 g/mol. The van der Waals surface area contributed by atoms with Gasteiger partial charge in [0.1, 0.15) is 0 Å². The number of carbonyl (C=O) groups is 4. The van der Waals surface area contributed by atoms with Crippen molar-refractivity contribution < 1.29 is 100 Å². The van der Waals surface area contributed by atoms with Crippen molar-refractivity contribution >= 4 is 23.8 Å². The summed E-state index contributed by atoms with van der Waals surface area (Å²) < 4.78 is 0. The maximum absolute atomic E-state index is 10.5. The Bertz CT molecular complexity index is 1270. The van der Waals surface area contributed by atoms with Gasteiger partial charge < -0.3 is 75.7 Å². The summed E-state index contributed by atoms with van der Waals surface area (Å²) >= 11 is 0. The van der Waals surface area contributed by atoms with Crippen molar-refractivity contribution in [2.75, 3.05) is 0 Å². The van der Waals surface area contributed by atoms with Gasteiger partial charge >= 0.3 is 28.7 Å². The number of carboxylic acid groups (broad SMARTS) is 2. The number of carbonyl (C=O) groups excluding carboxylic acids is 2. The Balaban J connectivity index is -0.0000000551. The van der Waals surface area contributed by atoms with Crippen molar-refractivity contribution in [3.63, 3.8) is 0 Å². The third kappa shape index (κ3) is 27.7. The second-order valence-corrected chi connectivity index (χ2v) is 6.87. The molecular formula is C26H42CoN4O16+4. The van der Waals surface area contributed by atoms with Crippen LogP contribution in [0.1, 0.15) is 41.4 Å². The number of carboxylic acids is 2. The van der Waals surface area contributed by atoms with Gasteiger partial charge in [-0.15, -0.1) is 11.5 Å². The standard InChI is InChI=1S/2C7H6O3.2C6H6N2O.Co.8H2O/c2*8-6-3-1-2-5(4-6)7(9)10;2*7-6(9)5-1-3-8-4-2-5;;;;;;;;;/h2*1-4,8H,(H,9,10);2*1-4H,(H2,7,9);;8*1H2/q;;;;+2;;;;;;;;/p+2. The minimum Gasteiger partial charge on any atom is -0.872 e. The maximum atomic E-state index is 10.5. The molecule has 0 saturated heterocycles. The third-order valence-electron chi connectivity index (χ3n) is 4.09. The van der Waals surface area contributed by atoms with E-state index in [1.807, 2.05) is 0 Å². The number of rotatable bonds is 4. The fourth-order valence-electron chi connectivity index (χ4n) is 2.29. The molecule has 47 heavy (non-hydrogen) atoms. The van der Waals surface area contributed by atoms with Gasteiger partial charge in [0.25, 0.3) is 0 Å². The summed E-state index contributed by atoms with van der Waals surface area (Å²) in [4.78, 5) is 48.7. The summed E-state index contributed by atoms with van der Waals surface area (Å²) in [7, 11) is 0. The Morgan fingerprint density at radius 2 is 0.766 bits per heavy atom. The molecule has 2 heterocycles. The van der Waals surface area contributed by atoms with Gasteiger partial charge in [0.05, 0.1) is 11.1 Å². The minimum atomic E-state index is -1.07. The zero-order valence-electron chi connectivity index (χ0n) is 24.3. The Labute approximate surface area is 276 Å². The van der Waals surface area contributed by atoms with Crippen LogP contribution in [0.25, 0.3) is 0 Å².